The van der Waals surface area contributed by atoms with Crippen LogP contribution in [0.1, 0.15) is 11.1 Å². The molecule has 3 N–H and O–H groups in total. The fraction of sp³-hybridized carbons (Fsp3) is 0.250. The highest BCUT2D eigenvalue weighted by molar-refractivity contribution is 9.08. The topological polar surface area (TPSA) is 38.0 Å². The molecular formula is C8H11BrN2. The van der Waals surface area contributed by atoms with E-state index in [1.807, 2.05) is 19.1 Å². The summed E-state index contributed by atoms with van der Waals surface area (Å²) in [5, 5.41) is 0.864. The number of rotatable bonds is 2. The molecular weight excluding hydrogens is 204 g/mol. The smallest absolute Gasteiger partial charge is 0.0490 e. The van der Waals surface area contributed by atoms with Crippen molar-refractivity contribution in [3.63, 3.8) is 0 Å². The Morgan fingerprint density at radius 2 is 2.18 bits per heavy atom. The van der Waals surface area contributed by atoms with Crippen LogP contribution >= 0.6 is 15.9 Å². The molecule has 0 bridgehead atoms. The Morgan fingerprint density at radius 1 is 1.45 bits per heavy atom. The van der Waals surface area contributed by atoms with Crippen LogP contribution in [0, 0.1) is 6.92 Å². The number of hydrazine groups is 1. The monoisotopic (exact) mass is 214 g/mol. The van der Waals surface area contributed by atoms with Crippen molar-refractivity contribution < 1.29 is 0 Å². The Balaban J connectivity index is 3.02. The molecule has 0 spiro atoms. The summed E-state index contributed by atoms with van der Waals surface area (Å²) in [4.78, 5) is 0. The van der Waals surface area contributed by atoms with Crippen LogP contribution in [0.15, 0.2) is 18.2 Å². The van der Waals surface area contributed by atoms with Crippen molar-refractivity contribution in [3.05, 3.63) is 29.3 Å². The third kappa shape index (κ3) is 2.20. The fourth-order valence-electron chi connectivity index (χ4n) is 1.02. The van der Waals surface area contributed by atoms with Crippen LogP contribution < -0.4 is 11.3 Å². The van der Waals surface area contributed by atoms with Gasteiger partial charge < -0.3 is 5.43 Å². The van der Waals surface area contributed by atoms with Gasteiger partial charge >= 0.3 is 0 Å². The molecule has 0 aliphatic carbocycles. The first-order chi connectivity index (χ1) is 5.26. The summed E-state index contributed by atoms with van der Waals surface area (Å²) >= 11 is 3.39. The fourth-order valence-corrected chi connectivity index (χ4v) is 1.35. The average Bonchev–Trinajstić information content (AvgIpc) is 2.03. The predicted octanol–water partition coefficient (Wildman–Crippen LogP) is 2.18. The molecule has 0 heterocycles. The predicted molar refractivity (Wildman–Crippen MR) is 51.6 cm³/mol. The summed E-state index contributed by atoms with van der Waals surface area (Å²) in [5.41, 5.74) is 6.03. The number of aryl methyl sites for hydroxylation is 1. The van der Waals surface area contributed by atoms with Crippen LogP contribution in [0.3, 0.4) is 0 Å². The molecule has 0 unspecified atom stereocenters. The Bertz CT molecular complexity index is 226. The molecule has 0 atom stereocenters. The molecule has 3 heteroatoms. The van der Waals surface area contributed by atoms with Gasteiger partial charge in [0.15, 0.2) is 0 Å². The minimum Gasteiger partial charge on any atom is -0.324 e. The van der Waals surface area contributed by atoms with Crippen molar-refractivity contribution >= 4 is 21.6 Å². The van der Waals surface area contributed by atoms with Crippen molar-refractivity contribution in [3.8, 4) is 0 Å². The molecule has 60 valence electrons. The molecule has 0 saturated carbocycles. The molecule has 0 radical (unpaired) electrons. The van der Waals surface area contributed by atoms with E-state index < -0.39 is 0 Å². The first-order valence-electron chi connectivity index (χ1n) is 3.39. The zero-order valence-corrected chi connectivity index (χ0v) is 7.98. The van der Waals surface area contributed by atoms with Gasteiger partial charge in [0.2, 0.25) is 0 Å². The van der Waals surface area contributed by atoms with E-state index in [1.165, 1.54) is 11.1 Å². The first-order valence-corrected chi connectivity index (χ1v) is 4.51. The summed E-state index contributed by atoms with van der Waals surface area (Å²) in [6.45, 7) is 2.05. The largest absolute Gasteiger partial charge is 0.324 e. The van der Waals surface area contributed by atoms with Gasteiger partial charge in [-0.25, -0.2) is 0 Å². The van der Waals surface area contributed by atoms with E-state index >= 15 is 0 Å². The lowest BCUT2D eigenvalue weighted by Gasteiger charge is -2.03. The summed E-state index contributed by atoms with van der Waals surface area (Å²) in [7, 11) is 0. The molecule has 2 nitrogen and oxygen atoms in total. The van der Waals surface area contributed by atoms with E-state index in [4.69, 9.17) is 5.84 Å². The van der Waals surface area contributed by atoms with Gasteiger partial charge in [-0.15, -0.1) is 0 Å². The quantitative estimate of drug-likeness (QED) is 0.450. The van der Waals surface area contributed by atoms with E-state index in [2.05, 4.69) is 27.4 Å². The molecule has 0 amide bonds. The second-order valence-corrected chi connectivity index (χ2v) is 3.05. The number of nitrogens with two attached hydrogens (primary N) is 1. The minimum absolute atomic E-state index is 0.864. The number of benzene rings is 1. The van der Waals surface area contributed by atoms with Crippen molar-refractivity contribution in [1.82, 2.24) is 0 Å². The standard InChI is InChI=1S/C8H11BrN2/c1-6-2-7(5-9)4-8(3-6)11-10/h2-4,11H,5,10H2,1H3. The number of anilines is 1. The average molecular weight is 215 g/mol. The lowest BCUT2D eigenvalue weighted by atomic mass is 10.1. The molecule has 0 fully saturated rings. The van der Waals surface area contributed by atoms with Gasteiger partial charge in [0.1, 0.15) is 0 Å². The highest BCUT2D eigenvalue weighted by Crippen LogP contribution is 2.15. The number of hydrogen-bond acceptors (Lipinski definition) is 2. The molecule has 0 aliphatic heterocycles. The van der Waals surface area contributed by atoms with Crippen molar-refractivity contribution in [2.75, 3.05) is 5.43 Å². The third-order valence-corrected chi connectivity index (χ3v) is 2.11. The maximum Gasteiger partial charge on any atom is 0.0490 e. The van der Waals surface area contributed by atoms with E-state index in [9.17, 15) is 0 Å². The molecule has 0 aliphatic rings. The Kier molecular flexibility index (Phi) is 2.91. The van der Waals surface area contributed by atoms with Gasteiger partial charge in [0.25, 0.3) is 0 Å². The molecule has 1 rings (SSSR count). The van der Waals surface area contributed by atoms with E-state index in [0.29, 0.717) is 0 Å². The molecule has 0 saturated heterocycles. The summed E-state index contributed by atoms with van der Waals surface area (Å²) in [6, 6.07) is 6.14. The molecule has 0 aromatic heterocycles. The van der Waals surface area contributed by atoms with Crippen LogP contribution in [-0.4, -0.2) is 0 Å². The van der Waals surface area contributed by atoms with Crippen LogP contribution in [0.2, 0.25) is 0 Å². The maximum absolute atomic E-state index is 5.28. The van der Waals surface area contributed by atoms with Crippen molar-refractivity contribution in [1.29, 1.82) is 0 Å². The zero-order chi connectivity index (χ0) is 8.27. The number of alkyl halides is 1. The van der Waals surface area contributed by atoms with Crippen molar-refractivity contribution in [2.24, 2.45) is 5.84 Å². The lowest BCUT2D eigenvalue weighted by Crippen LogP contribution is -2.06. The summed E-state index contributed by atoms with van der Waals surface area (Å²) in [5.74, 6) is 5.28. The highest BCUT2D eigenvalue weighted by Gasteiger charge is 1.94. The highest BCUT2D eigenvalue weighted by atomic mass is 79.9. The van der Waals surface area contributed by atoms with Gasteiger partial charge in [0.05, 0.1) is 0 Å². The van der Waals surface area contributed by atoms with Gasteiger partial charge in [-0.1, -0.05) is 22.0 Å². The first kappa shape index (κ1) is 8.56. The molecule has 1 aromatic carbocycles. The number of nitrogens with one attached hydrogen (secondary N) is 1. The molecule has 1 aromatic rings. The Morgan fingerprint density at radius 3 is 2.73 bits per heavy atom. The number of nitrogen functional groups attached to an aromatic ring is 1. The van der Waals surface area contributed by atoms with Gasteiger partial charge in [0, 0.05) is 11.0 Å². The van der Waals surface area contributed by atoms with Gasteiger partial charge in [-0.3, -0.25) is 5.84 Å². The van der Waals surface area contributed by atoms with Crippen LogP contribution in [-0.2, 0) is 5.33 Å². The zero-order valence-electron chi connectivity index (χ0n) is 6.39. The molecule has 11 heavy (non-hydrogen) atoms. The van der Waals surface area contributed by atoms with E-state index in [0.717, 1.165) is 11.0 Å². The van der Waals surface area contributed by atoms with E-state index in [1.54, 1.807) is 0 Å². The second kappa shape index (κ2) is 3.74. The van der Waals surface area contributed by atoms with Gasteiger partial charge in [-0.05, 0) is 30.2 Å². The lowest BCUT2D eigenvalue weighted by molar-refractivity contribution is 1.30. The second-order valence-electron chi connectivity index (χ2n) is 2.49. The minimum atomic E-state index is 0.864. The summed E-state index contributed by atoms with van der Waals surface area (Å²) in [6.07, 6.45) is 0. The van der Waals surface area contributed by atoms with Crippen LogP contribution in [0.4, 0.5) is 5.69 Å². The number of halogens is 1. The SMILES string of the molecule is Cc1cc(CBr)cc(NN)c1. The third-order valence-electron chi connectivity index (χ3n) is 1.46. The Labute approximate surface area is 74.9 Å². The normalized spacial score (nSPS) is 9.73. The van der Waals surface area contributed by atoms with Crippen LogP contribution in [0.25, 0.3) is 0 Å². The maximum atomic E-state index is 5.28. The number of hydrogen-bond donors (Lipinski definition) is 2. The van der Waals surface area contributed by atoms with E-state index in [-0.39, 0.29) is 0 Å². The summed E-state index contributed by atoms with van der Waals surface area (Å²) < 4.78 is 0. The Hall–Kier alpha value is -0.540. The van der Waals surface area contributed by atoms with Crippen molar-refractivity contribution in [2.45, 2.75) is 12.3 Å². The van der Waals surface area contributed by atoms with Gasteiger partial charge in [-0.2, -0.15) is 0 Å². The van der Waals surface area contributed by atoms with Crippen LogP contribution in [0.5, 0.6) is 0 Å².